The van der Waals surface area contributed by atoms with Gasteiger partial charge in [0, 0.05) is 0 Å². The van der Waals surface area contributed by atoms with Crippen LogP contribution in [0.4, 0.5) is 0 Å². The monoisotopic (exact) mass is 294 g/mol. The van der Waals surface area contributed by atoms with E-state index >= 15 is 0 Å². The number of Topliss-reactive ketones (excluding diaryl/α,β-unsaturated/α-hetero) is 1. The Morgan fingerprint density at radius 2 is 1.87 bits per heavy atom. The van der Waals surface area contributed by atoms with Crippen molar-refractivity contribution in [2.45, 2.75) is 39.2 Å². The SMILES string of the molecule is C[C@H]1Sc2sc(=S)sc2SC(C)(C)C1=O. The molecule has 1 aromatic heterocycles. The molecule has 0 amide bonds. The molecule has 1 aliphatic rings. The zero-order valence-electron chi connectivity index (χ0n) is 8.53. The largest absolute Gasteiger partial charge is 0.297 e. The van der Waals surface area contributed by atoms with Gasteiger partial charge in [-0.2, -0.15) is 0 Å². The highest BCUT2D eigenvalue weighted by Gasteiger charge is 2.37. The lowest BCUT2D eigenvalue weighted by Crippen LogP contribution is -2.33. The first-order chi connectivity index (χ1) is 6.90. The molecule has 2 rings (SSSR count). The lowest BCUT2D eigenvalue weighted by molar-refractivity contribution is -0.119. The first-order valence-electron chi connectivity index (χ1n) is 4.44. The predicted molar refractivity (Wildman–Crippen MR) is 73.3 cm³/mol. The topological polar surface area (TPSA) is 17.1 Å². The molecule has 1 nitrogen and oxygen atoms in total. The molecule has 0 fully saturated rings. The van der Waals surface area contributed by atoms with Crippen LogP contribution in [0.25, 0.3) is 0 Å². The van der Waals surface area contributed by atoms with Crippen LogP contribution >= 0.6 is 58.4 Å². The summed E-state index contributed by atoms with van der Waals surface area (Å²) in [5.41, 5.74) is 0. The summed E-state index contributed by atoms with van der Waals surface area (Å²) >= 11 is 11.8. The second-order valence-corrected chi connectivity index (χ2v) is 10.5. The van der Waals surface area contributed by atoms with Gasteiger partial charge < -0.3 is 0 Å². The van der Waals surface area contributed by atoms with E-state index in [1.54, 1.807) is 46.2 Å². The van der Waals surface area contributed by atoms with E-state index in [-0.39, 0.29) is 10.00 Å². The lowest BCUT2D eigenvalue weighted by Gasteiger charge is -2.21. The van der Waals surface area contributed by atoms with Crippen LogP contribution in [0.1, 0.15) is 20.8 Å². The Hall–Kier alpha value is 0.640. The van der Waals surface area contributed by atoms with E-state index in [0.29, 0.717) is 5.78 Å². The van der Waals surface area contributed by atoms with E-state index in [9.17, 15) is 4.79 Å². The minimum Gasteiger partial charge on any atom is -0.297 e. The molecule has 6 heteroatoms. The summed E-state index contributed by atoms with van der Waals surface area (Å²) in [6.45, 7) is 5.98. The second kappa shape index (κ2) is 4.14. The van der Waals surface area contributed by atoms with Crippen LogP contribution in [0, 0.1) is 3.14 Å². The number of carbonyl (C=O) groups is 1. The highest BCUT2D eigenvalue weighted by molar-refractivity contribution is 8.08. The van der Waals surface area contributed by atoms with Gasteiger partial charge >= 0.3 is 0 Å². The third-order valence-electron chi connectivity index (χ3n) is 2.11. The number of ketones is 1. The zero-order chi connectivity index (χ0) is 11.2. The first-order valence-corrected chi connectivity index (χ1v) is 8.18. The third-order valence-corrected chi connectivity index (χ3v) is 7.87. The maximum atomic E-state index is 12.1. The molecular weight excluding hydrogens is 284 g/mol. The molecule has 82 valence electrons. The number of carbonyl (C=O) groups excluding carboxylic acids is 1. The summed E-state index contributed by atoms with van der Waals surface area (Å²) in [5.74, 6) is 0.319. The summed E-state index contributed by atoms with van der Waals surface area (Å²) in [5, 5.41) is 0.0361. The molecule has 0 spiro atoms. The molecule has 0 aliphatic carbocycles. The van der Waals surface area contributed by atoms with Gasteiger partial charge in [-0.1, -0.05) is 24.0 Å². The number of fused-ring (bicyclic) bond motifs is 1. The molecule has 1 atom stereocenters. The Kier molecular flexibility index (Phi) is 3.34. The van der Waals surface area contributed by atoms with Crippen LogP contribution in [-0.4, -0.2) is 15.8 Å². The smallest absolute Gasteiger partial charge is 0.161 e. The fraction of sp³-hybridized carbons (Fsp3) is 0.556. The fourth-order valence-corrected chi connectivity index (χ4v) is 8.32. The Balaban J connectivity index is 2.49. The van der Waals surface area contributed by atoms with Crippen molar-refractivity contribution >= 4 is 64.2 Å². The van der Waals surface area contributed by atoms with Crippen LogP contribution in [0.5, 0.6) is 0 Å². The molecule has 1 aliphatic heterocycles. The first kappa shape index (κ1) is 12.1. The molecule has 0 radical (unpaired) electrons. The molecule has 0 saturated heterocycles. The van der Waals surface area contributed by atoms with Crippen molar-refractivity contribution in [2.24, 2.45) is 0 Å². The van der Waals surface area contributed by atoms with E-state index in [1.807, 2.05) is 20.8 Å². The average Bonchev–Trinajstić information content (AvgIpc) is 2.40. The van der Waals surface area contributed by atoms with Gasteiger partial charge in [-0.05, 0) is 20.8 Å². The average molecular weight is 295 g/mol. The molecule has 0 saturated carbocycles. The van der Waals surface area contributed by atoms with Gasteiger partial charge in [0.1, 0.15) is 3.14 Å². The minimum atomic E-state index is -0.322. The van der Waals surface area contributed by atoms with Crippen LogP contribution in [-0.2, 0) is 4.79 Å². The third kappa shape index (κ3) is 2.34. The van der Waals surface area contributed by atoms with Gasteiger partial charge in [-0.3, -0.25) is 4.79 Å². The van der Waals surface area contributed by atoms with Gasteiger partial charge in [0.05, 0.1) is 18.4 Å². The van der Waals surface area contributed by atoms with Gasteiger partial charge in [0.2, 0.25) is 0 Å². The summed E-state index contributed by atoms with van der Waals surface area (Å²) in [6, 6.07) is 0. The van der Waals surface area contributed by atoms with E-state index in [1.165, 1.54) is 8.42 Å². The van der Waals surface area contributed by atoms with Crippen molar-refractivity contribution in [2.75, 3.05) is 0 Å². The quantitative estimate of drug-likeness (QED) is 0.656. The maximum absolute atomic E-state index is 12.1. The van der Waals surface area contributed by atoms with Crippen LogP contribution in [0.2, 0.25) is 0 Å². The van der Waals surface area contributed by atoms with Crippen molar-refractivity contribution < 1.29 is 4.79 Å². The van der Waals surface area contributed by atoms with Crippen molar-refractivity contribution in [1.82, 2.24) is 0 Å². The maximum Gasteiger partial charge on any atom is 0.161 e. The summed E-state index contributed by atoms with van der Waals surface area (Å²) in [4.78, 5) is 12.1. The van der Waals surface area contributed by atoms with Crippen LogP contribution in [0.15, 0.2) is 8.42 Å². The van der Waals surface area contributed by atoms with E-state index in [0.717, 1.165) is 3.14 Å². The van der Waals surface area contributed by atoms with Gasteiger partial charge in [-0.25, -0.2) is 0 Å². The molecule has 0 aromatic carbocycles. The van der Waals surface area contributed by atoms with E-state index in [4.69, 9.17) is 12.2 Å². The highest BCUT2D eigenvalue weighted by Crippen LogP contribution is 2.50. The van der Waals surface area contributed by atoms with Gasteiger partial charge in [0.25, 0.3) is 0 Å². The number of hydrogen-bond acceptors (Lipinski definition) is 6. The number of thioether (sulfide) groups is 2. The molecule has 2 heterocycles. The summed E-state index contributed by atoms with van der Waals surface area (Å²) in [7, 11) is 0. The van der Waals surface area contributed by atoms with E-state index < -0.39 is 0 Å². The number of rotatable bonds is 0. The van der Waals surface area contributed by atoms with Gasteiger partial charge in [0.15, 0.2) is 5.78 Å². The predicted octanol–water partition coefficient (Wildman–Crippen LogP) is 4.47. The Morgan fingerprint density at radius 3 is 2.53 bits per heavy atom. The standard InChI is InChI=1S/C9H10OS5/c1-4-5(10)9(2,3)15-7-6(12-4)13-8(11)14-7/h4H,1-3H3/t4-/m1/s1. The molecule has 0 N–H and O–H groups in total. The van der Waals surface area contributed by atoms with Gasteiger partial charge in [-0.15, -0.1) is 34.4 Å². The van der Waals surface area contributed by atoms with Crippen LogP contribution < -0.4 is 0 Å². The van der Waals surface area contributed by atoms with Crippen molar-refractivity contribution in [3.8, 4) is 0 Å². The molecule has 0 bridgehead atoms. The Labute approximate surface area is 111 Å². The number of hydrogen-bond donors (Lipinski definition) is 0. The summed E-state index contributed by atoms with van der Waals surface area (Å²) in [6.07, 6.45) is 0. The van der Waals surface area contributed by atoms with Crippen LogP contribution in [0.3, 0.4) is 0 Å². The molecule has 0 unspecified atom stereocenters. The minimum absolute atomic E-state index is 0.0361. The van der Waals surface area contributed by atoms with Crippen molar-refractivity contribution in [3.63, 3.8) is 0 Å². The zero-order valence-corrected chi connectivity index (χ0v) is 12.6. The van der Waals surface area contributed by atoms with Crippen molar-refractivity contribution in [3.05, 3.63) is 3.14 Å². The molecular formula is C9H10OS5. The lowest BCUT2D eigenvalue weighted by atomic mass is 10.1. The fourth-order valence-electron chi connectivity index (χ4n) is 1.38. The Bertz CT molecular complexity index is 455. The highest BCUT2D eigenvalue weighted by atomic mass is 32.2. The molecule has 15 heavy (non-hydrogen) atoms. The van der Waals surface area contributed by atoms with Crippen molar-refractivity contribution in [1.29, 1.82) is 0 Å². The second-order valence-electron chi connectivity index (χ2n) is 3.77. The Morgan fingerprint density at radius 1 is 1.27 bits per heavy atom. The summed E-state index contributed by atoms with van der Waals surface area (Å²) < 4.78 is 3.08. The van der Waals surface area contributed by atoms with E-state index in [2.05, 4.69) is 0 Å². The normalized spacial score (nSPS) is 24.7. The molecule has 1 aromatic rings.